The first-order valence-corrected chi connectivity index (χ1v) is 10.0. The van der Waals surface area contributed by atoms with E-state index in [-0.39, 0.29) is 30.6 Å². The third-order valence-corrected chi connectivity index (χ3v) is 5.12. The van der Waals surface area contributed by atoms with Crippen LogP contribution in [0.25, 0.3) is 0 Å². The van der Waals surface area contributed by atoms with E-state index in [1.165, 1.54) is 18.3 Å². The molecule has 2 aromatic rings. The van der Waals surface area contributed by atoms with Gasteiger partial charge in [0.25, 0.3) is 5.91 Å². The predicted octanol–water partition coefficient (Wildman–Crippen LogP) is 2.36. The molecule has 2 amide bonds. The number of amides is 2. The van der Waals surface area contributed by atoms with Crippen molar-refractivity contribution in [2.75, 3.05) is 13.2 Å². The third kappa shape index (κ3) is 7.87. The van der Waals surface area contributed by atoms with Gasteiger partial charge in [-0.1, -0.05) is 18.2 Å². The zero-order valence-electron chi connectivity index (χ0n) is 16.4. The van der Waals surface area contributed by atoms with E-state index >= 15 is 0 Å². The summed E-state index contributed by atoms with van der Waals surface area (Å²) in [4.78, 5) is 48.5. The van der Waals surface area contributed by atoms with Crippen LogP contribution < -0.4 is 10.6 Å². The van der Waals surface area contributed by atoms with Crippen molar-refractivity contribution in [1.82, 2.24) is 10.6 Å². The van der Waals surface area contributed by atoms with Crippen LogP contribution in [0.5, 0.6) is 0 Å². The molecule has 29 heavy (non-hydrogen) atoms. The molecule has 0 aliphatic heterocycles. The molecule has 0 radical (unpaired) electrons. The van der Waals surface area contributed by atoms with Gasteiger partial charge in [0.2, 0.25) is 11.7 Å². The Kier molecular flexibility index (Phi) is 8.54. The average Bonchev–Trinajstić information content (AvgIpc) is 3.15. The normalized spacial score (nSPS) is 11.4. The summed E-state index contributed by atoms with van der Waals surface area (Å²) in [5.41, 5.74) is 0.509. The number of ether oxygens (including phenoxy) is 1. The van der Waals surface area contributed by atoms with E-state index < -0.39 is 12.0 Å². The number of thiophene rings is 1. The monoisotopic (exact) mass is 416 g/mol. The summed E-state index contributed by atoms with van der Waals surface area (Å²) in [6.45, 7) is 3.31. The zero-order chi connectivity index (χ0) is 21.2. The second kappa shape index (κ2) is 11.1. The van der Waals surface area contributed by atoms with E-state index in [2.05, 4.69) is 10.6 Å². The Bertz CT molecular complexity index is 863. The molecule has 2 rings (SSSR count). The quantitative estimate of drug-likeness (QED) is 0.457. The highest BCUT2D eigenvalue weighted by molar-refractivity contribution is 7.14. The summed E-state index contributed by atoms with van der Waals surface area (Å²) in [5, 5.41) is 5.42. The molecular formula is C21H24N2O5S. The first-order valence-electron chi connectivity index (χ1n) is 9.23. The van der Waals surface area contributed by atoms with Crippen LogP contribution in [0.3, 0.4) is 0 Å². The van der Waals surface area contributed by atoms with Gasteiger partial charge >= 0.3 is 5.97 Å². The highest BCUT2D eigenvalue weighted by Gasteiger charge is 2.16. The van der Waals surface area contributed by atoms with E-state index in [1.807, 2.05) is 12.1 Å². The number of hydrogen-bond donors (Lipinski definition) is 2. The van der Waals surface area contributed by atoms with E-state index in [1.54, 1.807) is 37.3 Å². The van der Waals surface area contributed by atoms with Gasteiger partial charge in [-0.05, 0) is 37.6 Å². The maximum absolute atomic E-state index is 12.2. The molecule has 0 bridgehead atoms. The molecular weight excluding hydrogens is 392 g/mol. The van der Waals surface area contributed by atoms with Crippen molar-refractivity contribution < 1.29 is 23.9 Å². The second-order valence-corrected chi connectivity index (χ2v) is 7.70. The molecule has 0 saturated carbocycles. The number of benzene rings is 1. The van der Waals surface area contributed by atoms with Crippen LogP contribution in [0.4, 0.5) is 0 Å². The largest absolute Gasteiger partial charge is 0.457 e. The van der Waals surface area contributed by atoms with Gasteiger partial charge in [0.1, 0.15) is 0 Å². The number of esters is 1. The SMILES string of the molecule is CC(=O)NCCc1ccc(C(=O)COC(=O)CC(C)NC(=O)c2ccccc2)s1. The molecule has 1 unspecified atom stereocenters. The summed E-state index contributed by atoms with van der Waals surface area (Å²) in [6.07, 6.45) is 0.605. The second-order valence-electron chi connectivity index (χ2n) is 6.53. The molecule has 7 nitrogen and oxygen atoms in total. The minimum Gasteiger partial charge on any atom is -0.457 e. The molecule has 1 atom stereocenters. The standard InChI is InChI=1S/C21H24N2O5S/c1-14(23-21(27)16-6-4-3-5-7-16)12-20(26)28-13-18(25)19-9-8-17(29-19)10-11-22-15(2)24/h3-9,14H,10-13H2,1-2H3,(H,22,24)(H,23,27). The predicted molar refractivity (Wildman–Crippen MR) is 110 cm³/mol. The van der Waals surface area contributed by atoms with Crippen LogP contribution >= 0.6 is 11.3 Å². The van der Waals surface area contributed by atoms with Crippen LogP contribution in [-0.2, 0) is 20.7 Å². The number of carbonyl (C=O) groups is 4. The van der Waals surface area contributed by atoms with Crippen molar-refractivity contribution in [3.05, 3.63) is 57.8 Å². The number of hydrogen-bond acceptors (Lipinski definition) is 6. The van der Waals surface area contributed by atoms with Crippen LogP contribution in [0.1, 0.15) is 45.2 Å². The summed E-state index contributed by atoms with van der Waals surface area (Å²) < 4.78 is 5.05. The van der Waals surface area contributed by atoms with Gasteiger partial charge < -0.3 is 15.4 Å². The number of Topliss-reactive ketones (excluding diaryl/α,β-unsaturated/α-hetero) is 1. The maximum atomic E-state index is 12.2. The van der Waals surface area contributed by atoms with Crippen molar-refractivity contribution in [2.24, 2.45) is 0 Å². The molecule has 8 heteroatoms. The smallest absolute Gasteiger partial charge is 0.308 e. The lowest BCUT2D eigenvalue weighted by Gasteiger charge is -2.13. The fraction of sp³-hybridized carbons (Fsp3) is 0.333. The van der Waals surface area contributed by atoms with Crippen LogP contribution in [0.2, 0.25) is 0 Å². The van der Waals surface area contributed by atoms with Gasteiger partial charge in [0, 0.05) is 30.0 Å². The van der Waals surface area contributed by atoms with Gasteiger partial charge in [0.05, 0.1) is 11.3 Å². The van der Waals surface area contributed by atoms with Crippen molar-refractivity contribution >= 4 is 34.9 Å². The Morgan fingerprint density at radius 2 is 1.79 bits per heavy atom. The van der Waals surface area contributed by atoms with Crippen LogP contribution in [0.15, 0.2) is 42.5 Å². The van der Waals surface area contributed by atoms with Gasteiger partial charge in [-0.3, -0.25) is 19.2 Å². The molecule has 0 fully saturated rings. The summed E-state index contributed by atoms with van der Waals surface area (Å²) in [7, 11) is 0. The summed E-state index contributed by atoms with van der Waals surface area (Å²) in [5.74, 6) is -1.21. The van der Waals surface area contributed by atoms with Crippen LogP contribution in [-0.4, -0.2) is 42.8 Å². The van der Waals surface area contributed by atoms with Crippen molar-refractivity contribution in [3.8, 4) is 0 Å². The molecule has 2 N–H and O–H groups in total. The minimum absolute atomic E-state index is 0.0295. The van der Waals surface area contributed by atoms with Crippen molar-refractivity contribution in [2.45, 2.75) is 32.7 Å². The van der Waals surface area contributed by atoms with Crippen molar-refractivity contribution in [3.63, 3.8) is 0 Å². The summed E-state index contributed by atoms with van der Waals surface area (Å²) >= 11 is 1.32. The van der Waals surface area contributed by atoms with Gasteiger partial charge in [-0.2, -0.15) is 0 Å². The van der Waals surface area contributed by atoms with E-state index in [0.717, 1.165) is 4.88 Å². The molecule has 0 spiro atoms. The lowest BCUT2D eigenvalue weighted by atomic mass is 10.2. The lowest BCUT2D eigenvalue weighted by Crippen LogP contribution is -2.34. The molecule has 1 aromatic carbocycles. The highest BCUT2D eigenvalue weighted by Crippen LogP contribution is 2.17. The van der Waals surface area contributed by atoms with E-state index in [9.17, 15) is 19.2 Å². The molecule has 1 aromatic heterocycles. The Morgan fingerprint density at radius 3 is 2.48 bits per heavy atom. The fourth-order valence-corrected chi connectivity index (χ4v) is 3.43. The first-order chi connectivity index (χ1) is 13.8. The van der Waals surface area contributed by atoms with Gasteiger partial charge in [-0.15, -0.1) is 11.3 Å². The van der Waals surface area contributed by atoms with E-state index in [4.69, 9.17) is 4.74 Å². The third-order valence-electron chi connectivity index (χ3n) is 3.93. The summed E-state index contributed by atoms with van der Waals surface area (Å²) in [6, 6.07) is 11.8. The topological polar surface area (TPSA) is 102 Å². The fourth-order valence-electron chi connectivity index (χ4n) is 2.50. The number of ketones is 1. The molecule has 0 aliphatic rings. The molecule has 154 valence electrons. The highest BCUT2D eigenvalue weighted by atomic mass is 32.1. The number of nitrogens with one attached hydrogen (secondary N) is 2. The average molecular weight is 416 g/mol. The van der Waals surface area contributed by atoms with Crippen molar-refractivity contribution in [1.29, 1.82) is 0 Å². The minimum atomic E-state index is -0.554. The van der Waals surface area contributed by atoms with Gasteiger partial charge in [0.15, 0.2) is 6.61 Å². The molecule has 0 aliphatic carbocycles. The van der Waals surface area contributed by atoms with Gasteiger partial charge in [-0.25, -0.2) is 0 Å². The maximum Gasteiger partial charge on any atom is 0.308 e. The van der Waals surface area contributed by atoms with E-state index in [0.29, 0.717) is 23.4 Å². The molecule has 0 saturated heterocycles. The first kappa shape index (κ1) is 22.3. The molecule has 1 heterocycles. The zero-order valence-corrected chi connectivity index (χ0v) is 17.2. The van der Waals surface area contributed by atoms with Crippen LogP contribution in [0, 0.1) is 0 Å². The Hall–Kier alpha value is -3.00. The Labute approximate surface area is 173 Å². The Balaban J connectivity index is 1.72. The lowest BCUT2D eigenvalue weighted by molar-refractivity contribution is -0.142. The Morgan fingerprint density at radius 1 is 1.07 bits per heavy atom. The number of rotatable bonds is 10. The number of carbonyl (C=O) groups excluding carboxylic acids is 4.